The molecule has 0 spiro atoms. The number of methoxy groups -OCH3 is 1. The second kappa shape index (κ2) is 10.1. The SMILES string of the molecule is C=C/C=C(\C=C)N1CCOc2ccc(-n3c(=O)c(=O)[nH]c4sc(C=O)cc43)cc21.COC. The number of aldehydes is 1. The molecule has 9 heteroatoms. The van der Waals surface area contributed by atoms with Crippen LogP contribution in [-0.4, -0.2) is 43.2 Å². The van der Waals surface area contributed by atoms with Gasteiger partial charge in [0.05, 0.1) is 28.3 Å². The molecule has 4 rings (SSSR count). The van der Waals surface area contributed by atoms with Crippen molar-refractivity contribution < 1.29 is 14.3 Å². The number of hydrogen-bond acceptors (Lipinski definition) is 7. The van der Waals surface area contributed by atoms with Gasteiger partial charge in [-0.15, -0.1) is 11.3 Å². The van der Waals surface area contributed by atoms with Gasteiger partial charge in [-0.1, -0.05) is 19.2 Å². The summed E-state index contributed by atoms with van der Waals surface area (Å²) < 4.78 is 11.3. The Labute approximate surface area is 188 Å². The van der Waals surface area contributed by atoms with Crippen molar-refractivity contribution in [2.24, 2.45) is 0 Å². The number of allylic oxidation sites excluding steroid dienone is 3. The van der Waals surface area contributed by atoms with Crippen LogP contribution >= 0.6 is 11.3 Å². The van der Waals surface area contributed by atoms with E-state index < -0.39 is 11.1 Å². The third kappa shape index (κ3) is 4.34. The maximum absolute atomic E-state index is 12.7. The summed E-state index contributed by atoms with van der Waals surface area (Å²) in [6.45, 7) is 8.68. The fourth-order valence-corrected chi connectivity index (χ4v) is 4.19. The zero-order valence-electron chi connectivity index (χ0n) is 17.8. The molecule has 3 heterocycles. The van der Waals surface area contributed by atoms with Crippen LogP contribution in [0.5, 0.6) is 5.75 Å². The number of carbonyl (C=O) groups excluding carboxylic acids is 1. The highest BCUT2D eigenvalue weighted by molar-refractivity contribution is 7.20. The van der Waals surface area contributed by atoms with E-state index in [9.17, 15) is 14.4 Å². The number of aromatic nitrogens is 2. The minimum Gasteiger partial charge on any atom is -0.490 e. The first-order valence-corrected chi connectivity index (χ1v) is 10.4. The highest BCUT2D eigenvalue weighted by atomic mass is 32.1. The topological polar surface area (TPSA) is 93.6 Å². The van der Waals surface area contributed by atoms with E-state index in [0.717, 1.165) is 22.7 Å². The first-order chi connectivity index (χ1) is 15.5. The molecule has 0 unspecified atom stereocenters. The fraction of sp³-hybridized carbons (Fsp3) is 0.174. The molecule has 0 amide bonds. The summed E-state index contributed by atoms with van der Waals surface area (Å²) in [5.41, 5.74) is 1.08. The van der Waals surface area contributed by atoms with E-state index in [0.29, 0.717) is 46.1 Å². The Kier molecular flexibility index (Phi) is 7.24. The average molecular weight is 454 g/mol. The summed E-state index contributed by atoms with van der Waals surface area (Å²) in [6, 6.07) is 6.85. The maximum atomic E-state index is 12.7. The molecule has 0 saturated heterocycles. The van der Waals surface area contributed by atoms with Gasteiger partial charge in [0.25, 0.3) is 0 Å². The Balaban J connectivity index is 0.000000913. The second-order valence-electron chi connectivity index (χ2n) is 6.67. The van der Waals surface area contributed by atoms with Gasteiger partial charge in [0, 0.05) is 19.9 Å². The van der Waals surface area contributed by atoms with Crippen LogP contribution in [0.4, 0.5) is 5.69 Å². The normalized spacial score (nSPS) is 12.9. The van der Waals surface area contributed by atoms with E-state index in [1.165, 1.54) is 4.57 Å². The Morgan fingerprint density at radius 1 is 1.25 bits per heavy atom. The van der Waals surface area contributed by atoms with Gasteiger partial charge in [0.1, 0.15) is 17.2 Å². The van der Waals surface area contributed by atoms with Crippen molar-refractivity contribution in [1.29, 1.82) is 0 Å². The molecule has 0 saturated carbocycles. The Morgan fingerprint density at radius 3 is 2.66 bits per heavy atom. The van der Waals surface area contributed by atoms with Crippen LogP contribution in [0.15, 0.2) is 70.9 Å². The molecule has 0 atom stereocenters. The predicted octanol–water partition coefficient (Wildman–Crippen LogP) is 3.27. The largest absolute Gasteiger partial charge is 0.490 e. The molecule has 32 heavy (non-hydrogen) atoms. The van der Waals surface area contributed by atoms with Gasteiger partial charge in [-0.25, -0.2) is 0 Å². The molecule has 1 aliphatic heterocycles. The minimum atomic E-state index is -0.749. The summed E-state index contributed by atoms with van der Waals surface area (Å²) in [7, 11) is 3.25. The van der Waals surface area contributed by atoms with E-state index in [2.05, 4.69) is 22.9 Å². The molecule has 1 N–H and O–H groups in total. The van der Waals surface area contributed by atoms with Crippen LogP contribution in [0.1, 0.15) is 9.67 Å². The van der Waals surface area contributed by atoms with E-state index >= 15 is 0 Å². The first-order valence-electron chi connectivity index (χ1n) is 9.63. The lowest BCUT2D eigenvalue weighted by atomic mass is 10.1. The van der Waals surface area contributed by atoms with Crippen molar-refractivity contribution in [3.8, 4) is 11.4 Å². The van der Waals surface area contributed by atoms with Gasteiger partial charge >= 0.3 is 11.1 Å². The molecular weight excluding hydrogens is 430 g/mol. The molecule has 166 valence electrons. The maximum Gasteiger partial charge on any atom is 0.321 e. The number of rotatable bonds is 5. The minimum absolute atomic E-state index is 0.417. The molecule has 3 aromatic rings. The van der Waals surface area contributed by atoms with Crippen LogP contribution in [0.3, 0.4) is 0 Å². The van der Waals surface area contributed by atoms with Crippen molar-refractivity contribution in [1.82, 2.24) is 9.55 Å². The molecule has 0 aliphatic carbocycles. The summed E-state index contributed by atoms with van der Waals surface area (Å²) >= 11 is 1.12. The number of fused-ring (bicyclic) bond motifs is 2. The van der Waals surface area contributed by atoms with Gasteiger partial charge < -0.3 is 19.4 Å². The standard InChI is InChI=1S/C21H17N3O4S.C2H6O/c1-3-5-13(4-2)23-8-9-28-18-7-6-14(10-16(18)23)24-17-11-15(12-25)29-20(17)22-19(26)21(24)27;1-3-2/h3-7,10-12H,1-2,8-9H2,(H,22,26);1-2H3/b13-5+;. The lowest BCUT2D eigenvalue weighted by molar-refractivity contribution is 0.112. The number of benzene rings is 1. The molecule has 0 radical (unpaired) electrons. The number of carbonyl (C=O) groups is 1. The highest BCUT2D eigenvalue weighted by Crippen LogP contribution is 2.36. The smallest absolute Gasteiger partial charge is 0.321 e. The van der Waals surface area contributed by atoms with Crippen LogP contribution < -0.4 is 20.8 Å². The molecule has 8 nitrogen and oxygen atoms in total. The predicted molar refractivity (Wildman–Crippen MR) is 128 cm³/mol. The number of nitrogens with one attached hydrogen (secondary N) is 1. The van der Waals surface area contributed by atoms with Gasteiger partial charge in [0.2, 0.25) is 0 Å². The monoisotopic (exact) mass is 453 g/mol. The number of H-pyrrole nitrogens is 1. The lowest BCUT2D eigenvalue weighted by Gasteiger charge is -2.32. The van der Waals surface area contributed by atoms with Crippen molar-refractivity contribution >= 4 is 33.7 Å². The van der Waals surface area contributed by atoms with Gasteiger partial charge in [0.15, 0.2) is 6.29 Å². The number of hydrogen-bond donors (Lipinski definition) is 1. The molecular formula is C23H23N3O5S. The number of thiophene rings is 1. The van der Waals surface area contributed by atoms with E-state index in [4.69, 9.17) is 4.74 Å². The van der Waals surface area contributed by atoms with Crippen molar-refractivity contribution in [3.05, 3.63) is 86.9 Å². The molecule has 0 fully saturated rings. The van der Waals surface area contributed by atoms with Crippen LogP contribution in [-0.2, 0) is 4.74 Å². The highest BCUT2D eigenvalue weighted by Gasteiger charge is 2.22. The van der Waals surface area contributed by atoms with Crippen LogP contribution in [0, 0.1) is 0 Å². The van der Waals surface area contributed by atoms with Gasteiger partial charge in [-0.2, -0.15) is 0 Å². The second-order valence-corrected chi connectivity index (χ2v) is 7.75. The third-order valence-corrected chi connectivity index (χ3v) is 5.55. The van der Waals surface area contributed by atoms with Crippen molar-refractivity contribution in [3.63, 3.8) is 0 Å². The Hall–Kier alpha value is -3.69. The summed E-state index contributed by atoms with van der Waals surface area (Å²) in [5, 5.41) is 0. The molecule has 2 aromatic heterocycles. The summed E-state index contributed by atoms with van der Waals surface area (Å²) in [4.78, 5) is 41.5. The number of nitrogens with zero attached hydrogens (tertiary/aromatic N) is 2. The van der Waals surface area contributed by atoms with Crippen molar-refractivity contribution in [2.45, 2.75) is 0 Å². The fourth-order valence-electron chi connectivity index (χ4n) is 3.34. The average Bonchev–Trinajstić information content (AvgIpc) is 3.20. The van der Waals surface area contributed by atoms with Gasteiger partial charge in [-0.05, 0) is 36.4 Å². The number of ether oxygens (including phenoxy) is 2. The van der Waals surface area contributed by atoms with E-state index in [1.807, 2.05) is 11.0 Å². The number of anilines is 1. The first kappa shape index (κ1) is 23.0. The molecule has 0 bridgehead atoms. The molecule has 1 aromatic carbocycles. The number of aromatic amines is 1. The van der Waals surface area contributed by atoms with Gasteiger partial charge in [-0.3, -0.25) is 19.0 Å². The Morgan fingerprint density at radius 2 is 2.00 bits per heavy atom. The van der Waals surface area contributed by atoms with Crippen LogP contribution in [0.2, 0.25) is 0 Å². The third-order valence-electron chi connectivity index (χ3n) is 4.59. The van der Waals surface area contributed by atoms with Crippen LogP contribution in [0.25, 0.3) is 16.0 Å². The molecule has 1 aliphatic rings. The van der Waals surface area contributed by atoms with E-state index in [1.54, 1.807) is 50.6 Å². The van der Waals surface area contributed by atoms with E-state index in [-0.39, 0.29) is 0 Å². The van der Waals surface area contributed by atoms with Crippen molar-refractivity contribution in [2.75, 3.05) is 32.3 Å². The zero-order chi connectivity index (χ0) is 23.3. The summed E-state index contributed by atoms with van der Waals surface area (Å²) in [5.74, 6) is 0.657. The Bertz CT molecular complexity index is 1320. The lowest BCUT2D eigenvalue weighted by Crippen LogP contribution is -2.35. The summed E-state index contributed by atoms with van der Waals surface area (Å²) in [6.07, 6.45) is 5.92. The quantitative estimate of drug-likeness (QED) is 0.362. The zero-order valence-corrected chi connectivity index (χ0v) is 18.6.